The fourth-order valence-corrected chi connectivity index (χ4v) is 4.85. The number of carbonyl (C=O) groups excluding carboxylic acids is 1. The lowest BCUT2D eigenvalue weighted by molar-refractivity contribution is -0.131. The maximum atomic E-state index is 13.3. The Hall–Kier alpha value is -2.95. The highest BCUT2D eigenvalue weighted by Gasteiger charge is 2.36. The largest absolute Gasteiger partial charge is 0.342 e. The fraction of sp³-hybridized carbons (Fsp3) is 0.407. The molecule has 0 N–H and O–H groups in total. The quantitative estimate of drug-likeness (QED) is 0.532. The maximum absolute atomic E-state index is 13.3. The van der Waals surface area contributed by atoms with Crippen molar-refractivity contribution in [3.05, 3.63) is 65.2 Å². The van der Waals surface area contributed by atoms with E-state index < -0.39 is 0 Å². The van der Waals surface area contributed by atoms with Crippen LogP contribution >= 0.6 is 0 Å². The van der Waals surface area contributed by atoms with Crippen molar-refractivity contribution >= 4 is 5.91 Å². The summed E-state index contributed by atoms with van der Waals surface area (Å²) in [6.07, 6.45) is 3.19. The zero-order valence-electron chi connectivity index (χ0n) is 19.1. The fourth-order valence-electron chi connectivity index (χ4n) is 4.85. The average molecular weight is 432 g/mol. The number of hydrogen-bond acceptors (Lipinski definition) is 2. The highest BCUT2D eigenvalue weighted by Crippen LogP contribution is 2.34. The summed E-state index contributed by atoms with van der Waals surface area (Å²) in [6.45, 7) is 8.93. The van der Waals surface area contributed by atoms with E-state index in [9.17, 15) is 9.18 Å². The molecule has 1 atom stereocenters. The van der Waals surface area contributed by atoms with Crippen molar-refractivity contribution in [3.63, 3.8) is 0 Å². The molecule has 4 nitrogen and oxygen atoms in total. The third-order valence-electron chi connectivity index (χ3n) is 7.07. The molecule has 0 spiro atoms. The van der Waals surface area contributed by atoms with Crippen molar-refractivity contribution in [2.45, 2.75) is 46.6 Å². The first-order chi connectivity index (χ1) is 15.4. The second-order valence-electron chi connectivity index (χ2n) is 9.47. The van der Waals surface area contributed by atoms with Gasteiger partial charge in [-0.1, -0.05) is 30.3 Å². The molecule has 5 rings (SSSR count). The molecule has 32 heavy (non-hydrogen) atoms. The molecule has 0 bridgehead atoms. The van der Waals surface area contributed by atoms with Gasteiger partial charge in [-0.25, -0.2) is 9.37 Å². The zero-order valence-corrected chi connectivity index (χ0v) is 19.1. The van der Waals surface area contributed by atoms with Gasteiger partial charge in [0.2, 0.25) is 5.91 Å². The van der Waals surface area contributed by atoms with Crippen LogP contribution in [0.5, 0.6) is 0 Å². The van der Waals surface area contributed by atoms with Gasteiger partial charge in [0.1, 0.15) is 11.6 Å². The predicted molar refractivity (Wildman–Crippen MR) is 125 cm³/mol. The summed E-state index contributed by atoms with van der Waals surface area (Å²) in [7, 11) is 0. The Balaban J connectivity index is 1.40. The predicted octanol–water partition coefficient (Wildman–Crippen LogP) is 5.54. The molecule has 166 valence electrons. The highest BCUT2D eigenvalue weighted by molar-refractivity contribution is 5.81. The number of likely N-dealkylation sites (tertiary alicyclic amines) is 1. The Morgan fingerprint density at radius 2 is 1.75 bits per heavy atom. The summed E-state index contributed by atoms with van der Waals surface area (Å²) in [5.41, 5.74) is 6.58. The van der Waals surface area contributed by atoms with Crippen molar-refractivity contribution in [1.82, 2.24) is 14.5 Å². The molecule has 1 saturated heterocycles. The Kier molecular flexibility index (Phi) is 5.36. The number of carbonyl (C=O) groups is 1. The summed E-state index contributed by atoms with van der Waals surface area (Å²) in [4.78, 5) is 19.5. The molecule has 1 aliphatic carbocycles. The minimum Gasteiger partial charge on any atom is -0.342 e. The van der Waals surface area contributed by atoms with E-state index in [4.69, 9.17) is 4.98 Å². The van der Waals surface area contributed by atoms with Gasteiger partial charge in [0.05, 0.1) is 5.69 Å². The van der Waals surface area contributed by atoms with Gasteiger partial charge < -0.3 is 9.47 Å². The van der Waals surface area contributed by atoms with Crippen LogP contribution in [0.1, 0.15) is 36.2 Å². The summed E-state index contributed by atoms with van der Waals surface area (Å²) >= 11 is 0. The van der Waals surface area contributed by atoms with Gasteiger partial charge >= 0.3 is 0 Å². The van der Waals surface area contributed by atoms with Gasteiger partial charge in [-0.3, -0.25) is 4.79 Å². The third-order valence-corrected chi connectivity index (χ3v) is 7.07. The molecular weight excluding hydrogens is 401 g/mol. The molecule has 0 radical (unpaired) electrons. The summed E-state index contributed by atoms with van der Waals surface area (Å²) in [5.74, 6) is 1.89. The van der Waals surface area contributed by atoms with Crippen molar-refractivity contribution in [2.24, 2.45) is 11.8 Å². The SMILES string of the molecule is Cc1cc(-c2ccc(F)cc2)ccc1-c1nc(C)c(C)n1CC1CCN(C(=O)C2CC2)C1. The van der Waals surface area contributed by atoms with Crippen LogP contribution < -0.4 is 0 Å². The number of benzene rings is 2. The number of halogens is 1. The van der Waals surface area contributed by atoms with Crippen molar-refractivity contribution in [1.29, 1.82) is 0 Å². The Morgan fingerprint density at radius 1 is 1.03 bits per heavy atom. The van der Waals surface area contributed by atoms with E-state index in [-0.39, 0.29) is 5.82 Å². The molecule has 1 saturated carbocycles. The van der Waals surface area contributed by atoms with Crippen LogP contribution in [-0.2, 0) is 11.3 Å². The minimum atomic E-state index is -0.223. The van der Waals surface area contributed by atoms with Gasteiger partial charge in [0, 0.05) is 36.8 Å². The summed E-state index contributed by atoms with van der Waals surface area (Å²) in [5, 5.41) is 0. The van der Waals surface area contributed by atoms with Crippen LogP contribution in [0.4, 0.5) is 4.39 Å². The molecule has 1 aliphatic heterocycles. The van der Waals surface area contributed by atoms with E-state index in [0.29, 0.717) is 17.7 Å². The lowest BCUT2D eigenvalue weighted by atomic mass is 9.99. The van der Waals surface area contributed by atoms with Crippen LogP contribution in [-0.4, -0.2) is 33.4 Å². The van der Waals surface area contributed by atoms with Crippen molar-refractivity contribution in [3.8, 4) is 22.5 Å². The molecule has 2 aromatic carbocycles. The molecule has 3 aromatic rings. The molecule has 1 aromatic heterocycles. The molecule has 2 heterocycles. The average Bonchev–Trinajstić information content (AvgIpc) is 3.47. The number of imidazole rings is 1. The zero-order chi connectivity index (χ0) is 22.4. The van der Waals surface area contributed by atoms with Gasteiger partial charge in [0.25, 0.3) is 0 Å². The first-order valence-corrected chi connectivity index (χ1v) is 11.6. The maximum Gasteiger partial charge on any atom is 0.225 e. The second kappa shape index (κ2) is 8.19. The van der Waals surface area contributed by atoms with E-state index in [1.165, 1.54) is 17.8 Å². The van der Waals surface area contributed by atoms with Gasteiger partial charge in [-0.05, 0) is 74.8 Å². The Morgan fingerprint density at radius 3 is 2.44 bits per heavy atom. The standard InChI is InChI=1S/C27H30FN3O/c1-17-14-23(21-6-9-24(28)10-7-21)8-11-25(17)26-29-18(2)19(3)31(26)16-20-12-13-30(15-20)27(32)22-4-5-22/h6-11,14,20,22H,4-5,12-13,15-16H2,1-3H3. The summed E-state index contributed by atoms with van der Waals surface area (Å²) < 4.78 is 15.6. The van der Waals surface area contributed by atoms with E-state index >= 15 is 0 Å². The first kappa shape index (κ1) is 20.9. The first-order valence-electron chi connectivity index (χ1n) is 11.6. The van der Waals surface area contributed by atoms with Gasteiger partial charge in [0.15, 0.2) is 0 Å². The van der Waals surface area contributed by atoms with Crippen LogP contribution in [0, 0.1) is 38.4 Å². The van der Waals surface area contributed by atoms with Gasteiger partial charge in [-0.15, -0.1) is 0 Å². The molecule has 1 amide bonds. The van der Waals surface area contributed by atoms with E-state index in [1.807, 2.05) is 12.1 Å². The summed E-state index contributed by atoms with van der Waals surface area (Å²) in [6, 6.07) is 13.0. The van der Waals surface area contributed by atoms with Crippen LogP contribution in [0.25, 0.3) is 22.5 Å². The third kappa shape index (κ3) is 3.96. The topological polar surface area (TPSA) is 38.1 Å². The van der Waals surface area contributed by atoms with Crippen LogP contribution in [0.2, 0.25) is 0 Å². The van der Waals surface area contributed by atoms with Crippen molar-refractivity contribution < 1.29 is 9.18 Å². The Labute approximate surface area is 189 Å². The highest BCUT2D eigenvalue weighted by atomic mass is 19.1. The number of amides is 1. The van der Waals surface area contributed by atoms with E-state index in [2.05, 4.69) is 48.4 Å². The Bertz CT molecular complexity index is 1160. The number of rotatable bonds is 5. The number of aryl methyl sites for hydroxylation is 2. The van der Waals surface area contributed by atoms with Crippen molar-refractivity contribution in [2.75, 3.05) is 13.1 Å². The van der Waals surface area contributed by atoms with Crippen LogP contribution in [0.15, 0.2) is 42.5 Å². The number of aromatic nitrogens is 2. The lowest BCUT2D eigenvalue weighted by Crippen LogP contribution is -2.30. The molecule has 2 aliphatic rings. The van der Waals surface area contributed by atoms with Crippen LogP contribution in [0.3, 0.4) is 0 Å². The number of nitrogens with zero attached hydrogens (tertiary/aromatic N) is 3. The molecule has 2 fully saturated rings. The molecular formula is C27H30FN3O. The molecule has 1 unspecified atom stereocenters. The van der Waals surface area contributed by atoms with E-state index in [0.717, 1.165) is 72.7 Å². The minimum absolute atomic E-state index is 0.223. The van der Waals surface area contributed by atoms with E-state index in [1.54, 1.807) is 0 Å². The van der Waals surface area contributed by atoms with Gasteiger partial charge in [-0.2, -0.15) is 0 Å². The molecule has 5 heteroatoms. The second-order valence-corrected chi connectivity index (χ2v) is 9.47. The number of hydrogen-bond donors (Lipinski definition) is 0. The normalized spacial score (nSPS) is 18.4. The lowest BCUT2D eigenvalue weighted by Gasteiger charge is -2.18. The monoisotopic (exact) mass is 431 g/mol. The smallest absolute Gasteiger partial charge is 0.225 e.